The molecule has 0 fully saturated rings. The maximum absolute atomic E-state index is 4.92. The highest BCUT2D eigenvalue weighted by Gasteiger charge is 1.94. The molecule has 1 N–H and O–H groups in total. The summed E-state index contributed by atoms with van der Waals surface area (Å²) in [6.07, 6.45) is 3.46. The van der Waals surface area contributed by atoms with Crippen molar-refractivity contribution < 1.29 is 4.74 Å². The van der Waals surface area contributed by atoms with Gasteiger partial charge in [0.1, 0.15) is 0 Å². The van der Waals surface area contributed by atoms with Crippen molar-refractivity contribution >= 4 is 0 Å². The maximum atomic E-state index is 4.92. The van der Waals surface area contributed by atoms with Crippen molar-refractivity contribution in [1.82, 2.24) is 5.32 Å². The third kappa shape index (κ3) is 4.96. The fraction of sp³-hybridized carbons (Fsp3) is 0.538. The van der Waals surface area contributed by atoms with Crippen LogP contribution in [0.1, 0.15) is 24.5 Å². The quantitative estimate of drug-likeness (QED) is 0.547. The van der Waals surface area contributed by atoms with E-state index >= 15 is 0 Å². The van der Waals surface area contributed by atoms with Gasteiger partial charge in [-0.15, -0.1) is 0 Å². The Hall–Kier alpha value is -0.860. The van der Waals surface area contributed by atoms with Crippen molar-refractivity contribution in [3.05, 3.63) is 35.4 Å². The summed E-state index contributed by atoms with van der Waals surface area (Å²) in [5, 5.41) is 3.20. The van der Waals surface area contributed by atoms with Crippen molar-refractivity contribution in [3.8, 4) is 0 Å². The average Bonchev–Trinajstić information content (AvgIpc) is 2.27. The Bertz CT molecular complexity index is 256. The van der Waals surface area contributed by atoms with E-state index in [-0.39, 0.29) is 0 Å². The molecule has 0 aliphatic rings. The van der Waals surface area contributed by atoms with Gasteiger partial charge in [0.25, 0.3) is 0 Å². The molecule has 2 nitrogen and oxygen atoms in total. The lowest BCUT2D eigenvalue weighted by atomic mass is 10.1. The number of methoxy groups -OCH3 is 1. The molecule has 0 aromatic heterocycles. The first-order chi connectivity index (χ1) is 7.36. The minimum absolute atomic E-state index is 0.633. The van der Waals surface area contributed by atoms with Gasteiger partial charge >= 0.3 is 0 Å². The van der Waals surface area contributed by atoms with Crippen LogP contribution < -0.4 is 5.32 Å². The number of benzene rings is 1. The number of hydrogen-bond donors (Lipinski definition) is 1. The average molecular weight is 207 g/mol. The standard InChI is InChI=1S/C13H21NO/c1-3-4-12-5-7-13(8-6-12)9-10-14-11-15-2/h5-8,14H,3-4,9-11H2,1-2H3. The van der Waals surface area contributed by atoms with Gasteiger partial charge in [-0.1, -0.05) is 37.6 Å². The van der Waals surface area contributed by atoms with Gasteiger partial charge in [-0.3, -0.25) is 5.32 Å². The molecule has 1 aromatic carbocycles. The second-order valence-corrected chi connectivity index (χ2v) is 3.75. The van der Waals surface area contributed by atoms with Crippen LogP contribution in [0.4, 0.5) is 0 Å². The van der Waals surface area contributed by atoms with Gasteiger partial charge in [0.05, 0.1) is 6.73 Å². The fourth-order valence-corrected chi connectivity index (χ4v) is 1.57. The van der Waals surface area contributed by atoms with Crippen molar-refractivity contribution in [2.45, 2.75) is 26.2 Å². The Morgan fingerprint density at radius 3 is 2.20 bits per heavy atom. The van der Waals surface area contributed by atoms with Crippen molar-refractivity contribution in [2.75, 3.05) is 20.4 Å². The fourth-order valence-electron chi connectivity index (χ4n) is 1.57. The molecule has 84 valence electrons. The van der Waals surface area contributed by atoms with E-state index in [1.165, 1.54) is 24.0 Å². The highest BCUT2D eigenvalue weighted by Crippen LogP contribution is 2.06. The Balaban J connectivity index is 2.29. The van der Waals surface area contributed by atoms with Gasteiger partial charge in [0.2, 0.25) is 0 Å². The highest BCUT2D eigenvalue weighted by atomic mass is 16.5. The Kier molecular flexibility index (Phi) is 6.05. The van der Waals surface area contributed by atoms with Gasteiger partial charge in [0.15, 0.2) is 0 Å². The Labute approximate surface area is 92.6 Å². The van der Waals surface area contributed by atoms with Gasteiger partial charge in [-0.25, -0.2) is 0 Å². The second-order valence-electron chi connectivity index (χ2n) is 3.75. The normalized spacial score (nSPS) is 10.5. The van der Waals surface area contributed by atoms with Crippen LogP contribution in [0.15, 0.2) is 24.3 Å². The zero-order valence-corrected chi connectivity index (χ0v) is 9.75. The second kappa shape index (κ2) is 7.43. The number of ether oxygens (including phenoxy) is 1. The van der Waals surface area contributed by atoms with Crippen LogP contribution in [0.3, 0.4) is 0 Å². The third-order valence-electron chi connectivity index (χ3n) is 2.40. The minimum atomic E-state index is 0.633. The smallest absolute Gasteiger partial charge is 0.0961 e. The molecule has 0 saturated heterocycles. The molecular formula is C13H21NO. The number of rotatable bonds is 7. The van der Waals surface area contributed by atoms with Gasteiger partial charge < -0.3 is 4.74 Å². The van der Waals surface area contributed by atoms with Crippen LogP contribution >= 0.6 is 0 Å². The van der Waals surface area contributed by atoms with Crippen molar-refractivity contribution in [2.24, 2.45) is 0 Å². The lowest BCUT2D eigenvalue weighted by Gasteiger charge is -2.04. The number of nitrogens with one attached hydrogen (secondary N) is 1. The monoisotopic (exact) mass is 207 g/mol. The molecular weight excluding hydrogens is 186 g/mol. The molecule has 0 atom stereocenters. The van der Waals surface area contributed by atoms with E-state index in [2.05, 4.69) is 36.5 Å². The first-order valence-electron chi connectivity index (χ1n) is 5.64. The lowest BCUT2D eigenvalue weighted by Crippen LogP contribution is -2.19. The van der Waals surface area contributed by atoms with Gasteiger partial charge in [0, 0.05) is 13.7 Å². The molecule has 0 aliphatic heterocycles. The molecule has 0 saturated carbocycles. The summed E-state index contributed by atoms with van der Waals surface area (Å²) in [7, 11) is 1.70. The molecule has 0 bridgehead atoms. The van der Waals surface area contributed by atoms with E-state index in [9.17, 15) is 0 Å². The summed E-state index contributed by atoms with van der Waals surface area (Å²) >= 11 is 0. The van der Waals surface area contributed by atoms with E-state index in [1.807, 2.05) is 0 Å². The van der Waals surface area contributed by atoms with Crippen molar-refractivity contribution in [1.29, 1.82) is 0 Å². The van der Waals surface area contributed by atoms with Crippen LogP contribution in [0.5, 0.6) is 0 Å². The third-order valence-corrected chi connectivity index (χ3v) is 2.40. The summed E-state index contributed by atoms with van der Waals surface area (Å²) < 4.78 is 4.92. The summed E-state index contributed by atoms with van der Waals surface area (Å²) in [6.45, 7) is 3.82. The molecule has 0 aliphatic carbocycles. The van der Waals surface area contributed by atoms with Crippen LogP contribution in [0, 0.1) is 0 Å². The van der Waals surface area contributed by atoms with E-state index in [1.54, 1.807) is 7.11 Å². The van der Waals surface area contributed by atoms with E-state index < -0.39 is 0 Å². The Morgan fingerprint density at radius 2 is 1.67 bits per heavy atom. The van der Waals surface area contributed by atoms with Crippen LogP contribution in [0.25, 0.3) is 0 Å². The molecule has 0 amide bonds. The molecule has 0 heterocycles. The molecule has 1 rings (SSSR count). The van der Waals surface area contributed by atoms with Crippen LogP contribution in [-0.4, -0.2) is 20.4 Å². The van der Waals surface area contributed by atoms with Gasteiger partial charge in [-0.2, -0.15) is 0 Å². The van der Waals surface area contributed by atoms with E-state index in [4.69, 9.17) is 4.74 Å². The van der Waals surface area contributed by atoms with Crippen LogP contribution in [0.2, 0.25) is 0 Å². The summed E-state index contributed by atoms with van der Waals surface area (Å²) in [5.74, 6) is 0. The largest absolute Gasteiger partial charge is 0.370 e. The zero-order chi connectivity index (χ0) is 10.9. The molecule has 0 radical (unpaired) electrons. The molecule has 15 heavy (non-hydrogen) atoms. The molecule has 2 heteroatoms. The predicted octanol–water partition coefficient (Wildman–Crippen LogP) is 2.38. The van der Waals surface area contributed by atoms with E-state index in [0.29, 0.717) is 6.73 Å². The van der Waals surface area contributed by atoms with Gasteiger partial charge in [-0.05, 0) is 24.0 Å². The lowest BCUT2D eigenvalue weighted by molar-refractivity contribution is 0.176. The van der Waals surface area contributed by atoms with E-state index in [0.717, 1.165) is 13.0 Å². The predicted molar refractivity (Wildman–Crippen MR) is 64.0 cm³/mol. The Morgan fingerprint density at radius 1 is 1.07 bits per heavy atom. The number of hydrogen-bond acceptors (Lipinski definition) is 2. The summed E-state index contributed by atoms with van der Waals surface area (Å²) in [4.78, 5) is 0. The maximum Gasteiger partial charge on any atom is 0.0961 e. The SMILES string of the molecule is CCCc1ccc(CCNCOC)cc1. The number of aryl methyl sites for hydroxylation is 1. The van der Waals surface area contributed by atoms with Crippen molar-refractivity contribution in [3.63, 3.8) is 0 Å². The zero-order valence-electron chi connectivity index (χ0n) is 9.75. The first-order valence-corrected chi connectivity index (χ1v) is 5.64. The van der Waals surface area contributed by atoms with Crippen LogP contribution in [-0.2, 0) is 17.6 Å². The molecule has 0 unspecified atom stereocenters. The molecule has 0 spiro atoms. The first kappa shape index (κ1) is 12.2. The minimum Gasteiger partial charge on any atom is -0.370 e. The molecule has 1 aromatic rings. The highest BCUT2D eigenvalue weighted by molar-refractivity contribution is 5.22. The summed E-state index contributed by atoms with van der Waals surface area (Å²) in [6, 6.07) is 8.91. The summed E-state index contributed by atoms with van der Waals surface area (Å²) in [5.41, 5.74) is 2.82. The topological polar surface area (TPSA) is 21.3 Å².